The van der Waals surface area contributed by atoms with Crippen LogP contribution in [0.1, 0.15) is 323 Å². The van der Waals surface area contributed by atoms with E-state index >= 15 is 0 Å². The molecule has 17 nitrogen and oxygen atoms in total. The van der Waals surface area contributed by atoms with Crippen LogP contribution in [0.5, 0.6) is 0 Å². The molecule has 0 amide bonds. The lowest BCUT2D eigenvalue weighted by Crippen LogP contribution is -2.30. The Bertz CT molecular complexity index is 2070. The molecule has 5 unspecified atom stereocenters. The van der Waals surface area contributed by atoms with Crippen molar-refractivity contribution in [3.05, 3.63) is 72.9 Å². The van der Waals surface area contributed by atoms with Crippen LogP contribution in [0.25, 0.3) is 0 Å². The molecule has 0 aromatic heterocycles. The van der Waals surface area contributed by atoms with Gasteiger partial charge in [-0.2, -0.15) is 0 Å². The van der Waals surface area contributed by atoms with Gasteiger partial charge in [-0.05, 0) is 70.6 Å². The number of hydrogen-bond donors (Lipinski definition) is 3. The van der Waals surface area contributed by atoms with Gasteiger partial charge in [0.2, 0.25) is 0 Å². The predicted octanol–water partition coefficient (Wildman–Crippen LogP) is 20.9. The number of phosphoric acid groups is 2. The van der Waals surface area contributed by atoms with E-state index in [-0.39, 0.29) is 25.7 Å². The minimum Gasteiger partial charge on any atom is -0.462 e. The summed E-state index contributed by atoms with van der Waals surface area (Å²) in [5.74, 6) is -2.31. The van der Waals surface area contributed by atoms with E-state index in [4.69, 9.17) is 37.0 Å². The van der Waals surface area contributed by atoms with Gasteiger partial charge in [-0.25, -0.2) is 9.13 Å². The summed E-state index contributed by atoms with van der Waals surface area (Å²) in [6.45, 7) is 4.63. The first-order chi connectivity index (χ1) is 45.7. The highest BCUT2D eigenvalue weighted by Crippen LogP contribution is 2.45. The van der Waals surface area contributed by atoms with Crippen molar-refractivity contribution < 1.29 is 80.2 Å². The van der Waals surface area contributed by atoms with Crippen LogP contribution >= 0.6 is 15.6 Å². The standard InChI is InChI=1S/C75H134O17P2/c1-5-9-13-17-21-25-29-32-34-37-41-44-48-52-56-60-73(78)86-66-71(92-75(80)62-58-54-50-46-42-38-35-33-30-26-22-18-14-10-6-2)68-90-94(83,84)88-64-69(76)63-87-93(81,82)89-67-70(91-74(79)61-57-53-49-45-39-28-24-20-16-12-8-4)65-85-72(77)59-55-51-47-43-40-36-31-27-23-19-15-11-7-3/h9,13,20-21,24-25,32,34,41,44,52,56,69-71,76H,5-8,10-12,14-19,22-23,26-31,33,35-40,42-43,45-51,53-55,57-68H2,1-4H3,(H,81,82)(H,83,84)/b13-9-,24-20-,25-21-,34-32-,44-41-,56-52-. The van der Waals surface area contributed by atoms with Gasteiger partial charge in [0.15, 0.2) is 12.2 Å². The van der Waals surface area contributed by atoms with Crippen molar-refractivity contribution in [2.24, 2.45) is 0 Å². The van der Waals surface area contributed by atoms with Crippen LogP contribution in [0.4, 0.5) is 0 Å². The summed E-state index contributed by atoms with van der Waals surface area (Å²) in [7, 11) is -9.95. The van der Waals surface area contributed by atoms with E-state index in [0.717, 1.165) is 109 Å². The highest BCUT2D eigenvalue weighted by molar-refractivity contribution is 7.47. The molecule has 0 aliphatic rings. The van der Waals surface area contributed by atoms with Gasteiger partial charge in [-0.3, -0.25) is 37.3 Å². The van der Waals surface area contributed by atoms with Gasteiger partial charge in [0.1, 0.15) is 19.3 Å². The SMILES string of the molecule is CC/C=C\C/C=C\C/C=C\C/C=C\C/C=C\CC(=O)OCC(COP(=O)(O)OCC(O)COP(=O)(O)OCC(COC(=O)CCCCCCCCCCCCCCC)OC(=O)CCCCCCC/C=C\CCCC)OC(=O)CCCCCCCCCCCCCCCCC. The van der Waals surface area contributed by atoms with Gasteiger partial charge in [-0.1, -0.05) is 300 Å². The van der Waals surface area contributed by atoms with Gasteiger partial charge in [0.05, 0.1) is 32.8 Å². The summed E-state index contributed by atoms with van der Waals surface area (Å²) in [6, 6.07) is 0. The fourth-order valence-electron chi connectivity index (χ4n) is 10.0. The number of hydrogen-bond acceptors (Lipinski definition) is 15. The van der Waals surface area contributed by atoms with E-state index in [9.17, 15) is 43.2 Å². The number of carbonyl (C=O) groups is 4. The Labute approximate surface area is 571 Å². The van der Waals surface area contributed by atoms with Gasteiger partial charge in [0.25, 0.3) is 0 Å². The average Bonchev–Trinajstić information content (AvgIpc) is 1.36. The van der Waals surface area contributed by atoms with Gasteiger partial charge in [0, 0.05) is 19.3 Å². The van der Waals surface area contributed by atoms with Crippen LogP contribution < -0.4 is 0 Å². The predicted molar refractivity (Wildman–Crippen MR) is 381 cm³/mol. The van der Waals surface area contributed by atoms with Crippen molar-refractivity contribution in [2.45, 2.75) is 341 Å². The summed E-state index contributed by atoms with van der Waals surface area (Å²) < 4.78 is 68.2. The first-order valence-corrected chi connectivity index (χ1v) is 40.2. The molecule has 0 radical (unpaired) electrons. The normalized spacial score (nSPS) is 14.4. The Hall–Kier alpha value is -3.50. The number of phosphoric ester groups is 2. The molecule has 0 bridgehead atoms. The Morgan fingerprint density at radius 1 is 0.319 bits per heavy atom. The average molecular weight is 1370 g/mol. The molecule has 0 spiro atoms. The molecule has 19 heteroatoms. The van der Waals surface area contributed by atoms with Crippen molar-refractivity contribution in [3.63, 3.8) is 0 Å². The van der Waals surface area contributed by atoms with Crippen LogP contribution in [0.15, 0.2) is 72.9 Å². The minimum atomic E-state index is -4.98. The molecule has 5 atom stereocenters. The third kappa shape index (κ3) is 67.1. The molecular weight excluding hydrogens is 1230 g/mol. The molecule has 0 saturated heterocycles. The lowest BCUT2D eigenvalue weighted by molar-refractivity contribution is -0.161. The highest BCUT2D eigenvalue weighted by Gasteiger charge is 2.30. The largest absolute Gasteiger partial charge is 0.472 e. The number of aliphatic hydroxyl groups is 1. The molecule has 0 aliphatic carbocycles. The summed E-state index contributed by atoms with van der Waals surface area (Å²) in [4.78, 5) is 72.6. The second kappa shape index (κ2) is 68.0. The van der Waals surface area contributed by atoms with Crippen LogP contribution in [-0.4, -0.2) is 96.7 Å². The van der Waals surface area contributed by atoms with Crippen molar-refractivity contribution in [2.75, 3.05) is 39.6 Å². The highest BCUT2D eigenvalue weighted by atomic mass is 31.2. The van der Waals surface area contributed by atoms with Crippen LogP contribution in [0, 0.1) is 0 Å². The van der Waals surface area contributed by atoms with Crippen molar-refractivity contribution in [3.8, 4) is 0 Å². The lowest BCUT2D eigenvalue weighted by atomic mass is 10.0. The molecule has 0 rings (SSSR count). The smallest absolute Gasteiger partial charge is 0.462 e. The molecule has 94 heavy (non-hydrogen) atoms. The van der Waals surface area contributed by atoms with Crippen LogP contribution in [0.3, 0.4) is 0 Å². The van der Waals surface area contributed by atoms with Gasteiger partial charge in [-0.15, -0.1) is 0 Å². The van der Waals surface area contributed by atoms with Crippen molar-refractivity contribution >= 4 is 39.5 Å². The maximum Gasteiger partial charge on any atom is 0.472 e. The fraction of sp³-hybridized carbons (Fsp3) is 0.787. The molecule has 0 saturated carbocycles. The number of carbonyl (C=O) groups excluding carboxylic acids is 4. The summed E-state index contributed by atoms with van der Waals surface area (Å²) in [5.41, 5.74) is 0. The fourth-order valence-corrected chi connectivity index (χ4v) is 11.6. The van der Waals surface area contributed by atoms with Gasteiger partial charge >= 0.3 is 39.5 Å². The van der Waals surface area contributed by atoms with Crippen LogP contribution in [-0.2, 0) is 65.4 Å². The Kier molecular flexibility index (Phi) is 65.5. The quantitative estimate of drug-likeness (QED) is 0.0169. The second-order valence-corrected chi connectivity index (χ2v) is 27.8. The number of esters is 4. The number of rotatable bonds is 70. The zero-order chi connectivity index (χ0) is 69.0. The maximum absolute atomic E-state index is 13.0. The number of aliphatic hydroxyl groups excluding tert-OH is 1. The Morgan fingerprint density at radius 3 is 0.968 bits per heavy atom. The zero-order valence-electron chi connectivity index (χ0n) is 59.4. The zero-order valence-corrected chi connectivity index (χ0v) is 61.2. The molecule has 0 aromatic rings. The number of unbranched alkanes of at least 4 members (excludes halogenated alkanes) is 33. The molecular formula is C75H134O17P2. The molecule has 0 fully saturated rings. The lowest BCUT2D eigenvalue weighted by Gasteiger charge is -2.21. The third-order valence-electron chi connectivity index (χ3n) is 15.7. The van der Waals surface area contributed by atoms with E-state index in [1.807, 2.05) is 18.2 Å². The molecule has 0 aromatic carbocycles. The first kappa shape index (κ1) is 90.5. The summed E-state index contributed by atoms with van der Waals surface area (Å²) in [5, 5.41) is 10.6. The summed E-state index contributed by atoms with van der Waals surface area (Å²) in [6.07, 6.45) is 66.5. The third-order valence-corrected chi connectivity index (χ3v) is 17.6. The number of allylic oxidation sites excluding steroid dienone is 11. The van der Waals surface area contributed by atoms with E-state index < -0.39 is 97.5 Å². The maximum atomic E-state index is 13.0. The second-order valence-electron chi connectivity index (χ2n) is 24.9. The van der Waals surface area contributed by atoms with Gasteiger partial charge < -0.3 is 33.8 Å². The first-order valence-electron chi connectivity index (χ1n) is 37.2. The topological polar surface area (TPSA) is 237 Å². The number of ether oxygens (including phenoxy) is 4. The Balaban J connectivity index is 5.36. The van der Waals surface area contributed by atoms with E-state index in [2.05, 4.69) is 76.3 Å². The Morgan fingerprint density at radius 2 is 0.606 bits per heavy atom. The minimum absolute atomic E-state index is 0.0667. The molecule has 0 heterocycles. The van der Waals surface area contributed by atoms with Crippen LogP contribution in [0.2, 0.25) is 0 Å². The van der Waals surface area contributed by atoms with Crippen molar-refractivity contribution in [1.82, 2.24) is 0 Å². The molecule has 3 N–H and O–H groups in total. The molecule has 546 valence electrons. The summed E-state index contributed by atoms with van der Waals surface area (Å²) >= 11 is 0. The van der Waals surface area contributed by atoms with E-state index in [1.165, 1.54) is 135 Å². The van der Waals surface area contributed by atoms with E-state index in [0.29, 0.717) is 25.7 Å². The van der Waals surface area contributed by atoms with E-state index in [1.54, 1.807) is 6.08 Å². The monoisotopic (exact) mass is 1370 g/mol. The molecule has 0 aliphatic heterocycles. The van der Waals surface area contributed by atoms with Crippen molar-refractivity contribution in [1.29, 1.82) is 0 Å².